The quantitative estimate of drug-likeness (QED) is 0.715. The van der Waals surface area contributed by atoms with Gasteiger partial charge in [-0.25, -0.2) is 4.79 Å². The molecule has 0 spiro atoms. The van der Waals surface area contributed by atoms with Crippen molar-refractivity contribution in [3.8, 4) is 11.5 Å². The van der Waals surface area contributed by atoms with E-state index in [2.05, 4.69) is 10.6 Å². The van der Waals surface area contributed by atoms with Crippen LogP contribution in [-0.4, -0.2) is 38.5 Å². The van der Waals surface area contributed by atoms with Gasteiger partial charge in [0, 0.05) is 24.8 Å². The second kappa shape index (κ2) is 8.36. The topological polar surface area (TPSA) is 79.8 Å². The SMILES string of the molecule is COc1ccc(C(C)NC(=O)NCC(C)CO)c(OC)c1. The largest absolute Gasteiger partial charge is 0.497 e. The molecule has 6 heteroatoms. The van der Waals surface area contributed by atoms with Gasteiger partial charge in [-0.15, -0.1) is 0 Å². The third-order valence-corrected chi connectivity index (χ3v) is 3.18. The highest BCUT2D eigenvalue weighted by Gasteiger charge is 2.15. The third kappa shape index (κ3) is 5.15. The molecule has 1 rings (SSSR count). The molecule has 2 amide bonds. The second-order valence-electron chi connectivity index (χ2n) is 4.97. The lowest BCUT2D eigenvalue weighted by atomic mass is 10.1. The van der Waals surface area contributed by atoms with Crippen LogP contribution in [0.2, 0.25) is 0 Å². The highest BCUT2D eigenvalue weighted by atomic mass is 16.5. The van der Waals surface area contributed by atoms with Crippen molar-refractivity contribution in [1.82, 2.24) is 10.6 Å². The second-order valence-corrected chi connectivity index (χ2v) is 4.97. The van der Waals surface area contributed by atoms with E-state index in [0.29, 0.717) is 18.0 Å². The summed E-state index contributed by atoms with van der Waals surface area (Å²) in [7, 11) is 3.17. The maximum absolute atomic E-state index is 11.8. The maximum Gasteiger partial charge on any atom is 0.315 e. The van der Waals surface area contributed by atoms with Gasteiger partial charge in [0.25, 0.3) is 0 Å². The standard InChI is InChI=1S/C15H24N2O4/c1-10(9-18)8-16-15(19)17-11(2)13-6-5-12(20-3)7-14(13)21-4/h5-7,10-11,18H,8-9H2,1-4H3,(H2,16,17,19). The van der Waals surface area contributed by atoms with Gasteiger partial charge in [-0.05, 0) is 25.0 Å². The smallest absolute Gasteiger partial charge is 0.315 e. The van der Waals surface area contributed by atoms with E-state index in [1.54, 1.807) is 20.3 Å². The number of hydrogen-bond acceptors (Lipinski definition) is 4. The minimum atomic E-state index is -0.277. The van der Waals surface area contributed by atoms with Gasteiger partial charge in [0.2, 0.25) is 0 Å². The fourth-order valence-corrected chi connectivity index (χ4v) is 1.83. The molecule has 1 aromatic rings. The van der Waals surface area contributed by atoms with Crippen LogP contribution >= 0.6 is 0 Å². The van der Waals surface area contributed by atoms with Gasteiger partial charge in [0.05, 0.1) is 20.3 Å². The number of carbonyl (C=O) groups is 1. The number of amides is 2. The predicted molar refractivity (Wildman–Crippen MR) is 80.7 cm³/mol. The molecule has 118 valence electrons. The first kappa shape index (κ1) is 17.1. The summed E-state index contributed by atoms with van der Waals surface area (Å²) in [4.78, 5) is 11.8. The fourth-order valence-electron chi connectivity index (χ4n) is 1.83. The molecule has 0 radical (unpaired) electrons. The van der Waals surface area contributed by atoms with Crippen LogP contribution in [0.3, 0.4) is 0 Å². The Labute approximate surface area is 125 Å². The molecule has 6 nitrogen and oxygen atoms in total. The molecule has 1 aromatic carbocycles. The number of ether oxygens (including phenoxy) is 2. The Morgan fingerprint density at radius 1 is 1.29 bits per heavy atom. The van der Waals surface area contributed by atoms with Crippen molar-refractivity contribution >= 4 is 6.03 Å². The minimum Gasteiger partial charge on any atom is -0.497 e. The molecular weight excluding hydrogens is 272 g/mol. The highest BCUT2D eigenvalue weighted by Crippen LogP contribution is 2.29. The summed E-state index contributed by atoms with van der Waals surface area (Å²) in [5.74, 6) is 1.39. The molecule has 2 unspecified atom stereocenters. The first-order chi connectivity index (χ1) is 10.0. The van der Waals surface area contributed by atoms with Gasteiger partial charge in [-0.1, -0.05) is 6.92 Å². The average molecular weight is 296 g/mol. The summed E-state index contributed by atoms with van der Waals surface area (Å²) in [5.41, 5.74) is 0.864. The van der Waals surface area contributed by atoms with Crippen molar-refractivity contribution in [3.05, 3.63) is 23.8 Å². The summed E-state index contributed by atoms with van der Waals surface area (Å²) in [6, 6.07) is 4.97. The Morgan fingerprint density at radius 2 is 2.00 bits per heavy atom. The molecule has 0 aliphatic carbocycles. The molecule has 3 N–H and O–H groups in total. The van der Waals surface area contributed by atoms with Crippen LogP contribution in [0, 0.1) is 5.92 Å². The number of hydrogen-bond donors (Lipinski definition) is 3. The number of urea groups is 1. The Balaban J connectivity index is 2.66. The van der Waals surface area contributed by atoms with Crippen molar-refractivity contribution < 1.29 is 19.4 Å². The number of rotatable bonds is 7. The molecule has 0 saturated carbocycles. The van der Waals surface area contributed by atoms with Crippen molar-refractivity contribution in [2.24, 2.45) is 5.92 Å². The molecule has 0 heterocycles. The van der Waals surface area contributed by atoms with Gasteiger partial charge >= 0.3 is 6.03 Å². The maximum atomic E-state index is 11.8. The van der Waals surface area contributed by atoms with Crippen molar-refractivity contribution in [2.75, 3.05) is 27.4 Å². The summed E-state index contributed by atoms with van der Waals surface area (Å²) in [5, 5.41) is 14.5. The lowest BCUT2D eigenvalue weighted by Gasteiger charge is -2.19. The molecule has 0 aliphatic rings. The van der Waals surface area contributed by atoms with Crippen LogP contribution in [0.5, 0.6) is 11.5 Å². The third-order valence-electron chi connectivity index (χ3n) is 3.18. The Kier molecular flexibility index (Phi) is 6.81. The summed E-state index contributed by atoms with van der Waals surface area (Å²) in [6.45, 7) is 4.20. The van der Waals surface area contributed by atoms with Crippen LogP contribution in [0.4, 0.5) is 4.79 Å². The molecule has 0 aromatic heterocycles. The van der Waals surface area contributed by atoms with Gasteiger partial charge in [0.1, 0.15) is 11.5 Å². The van der Waals surface area contributed by atoms with E-state index in [1.165, 1.54) is 0 Å². The molecule has 0 saturated heterocycles. The Bertz CT molecular complexity index is 465. The minimum absolute atomic E-state index is 0.0292. The van der Waals surface area contributed by atoms with Crippen LogP contribution in [0.25, 0.3) is 0 Å². The first-order valence-corrected chi connectivity index (χ1v) is 6.89. The zero-order valence-electron chi connectivity index (χ0n) is 13.0. The molecular formula is C15H24N2O4. The fraction of sp³-hybridized carbons (Fsp3) is 0.533. The van der Waals surface area contributed by atoms with Gasteiger partial charge in [-0.3, -0.25) is 0 Å². The molecule has 0 fully saturated rings. The van der Waals surface area contributed by atoms with E-state index in [4.69, 9.17) is 14.6 Å². The summed E-state index contributed by atoms with van der Waals surface area (Å²) in [6.07, 6.45) is 0. The Morgan fingerprint density at radius 3 is 2.57 bits per heavy atom. The van der Waals surface area contributed by atoms with Crippen molar-refractivity contribution in [2.45, 2.75) is 19.9 Å². The molecule has 21 heavy (non-hydrogen) atoms. The number of aliphatic hydroxyl groups is 1. The van der Waals surface area contributed by atoms with Crippen molar-refractivity contribution in [1.29, 1.82) is 0 Å². The van der Waals surface area contributed by atoms with Crippen molar-refractivity contribution in [3.63, 3.8) is 0 Å². The molecule has 0 bridgehead atoms. The number of nitrogens with one attached hydrogen (secondary N) is 2. The van der Waals surface area contributed by atoms with Gasteiger partial charge in [-0.2, -0.15) is 0 Å². The number of aliphatic hydroxyl groups excluding tert-OH is 1. The van der Waals surface area contributed by atoms with Crippen LogP contribution in [-0.2, 0) is 0 Å². The number of carbonyl (C=O) groups excluding carboxylic acids is 1. The first-order valence-electron chi connectivity index (χ1n) is 6.89. The summed E-state index contributed by atoms with van der Waals surface area (Å²) < 4.78 is 10.5. The lowest BCUT2D eigenvalue weighted by Crippen LogP contribution is -2.39. The van der Waals surface area contributed by atoms with E-state index in [1.807, 2.05) is 26.0 Å². The predicted octanol–water partition coefficient (Wildman–Crippen LogP) is 1.69. The van der Waals surface area contributed by atoms with E-state index in [9.17, 15) is 4.79 Å². The monoisotopic (exact) mass is 296 g/mol. The Hall–Kier alpha value is -1.95. The van der Waals surface area contributed by atoms with Gasteiger partial charge < -0.3 is 25.2 Å². The van der Waals surface area contributed by atoms with Gasteiger partial charge in [0.15, 0.2) is 0 Å². The number of methoxy groups -OCH3 is 2. The molecule has 2 atom stereocenters. The van der Waals surface area contributed by atoms with E-state index >= 15 is 0 Å². The average Bonchev–Trinajstić information content (AvgIpc) is 2.51. The highest BCUT2D eigenvalue weighted by molar-refractivity contribution is 5.74. The lowest BCUT2D eigenvalue weighted by molar-refractivity contribution is 0.220. The van der Waals surface area contributed by atoms with E-state index in [0.717, 1.165) is 5.56 Å². The van der Waals surface area contributed by atoms with Crippen LogP contribution in [0.1, 0.15) is 25.5 Å². The van der Waals surface area contributed by atoms with E-state index in [-0.39, 0.29) is 24.6 Å². The zero-order valence-corrected chi connectivity index (χ0v) is 13.0. The summed E-state index contributed by atoms with van der Waals surface area (Å²) >= 11 is 0. The zero-order chi connectivity index (χ0) is 15.8. The van der Waals surface area contributed by atoms with E-state index < -0.39 is 0 Å². The number of benzene rings is 1. The normalized spacial score (nSPS) is 13.2. The van der Waals surface area contributed by atoms with Crippen LogP contribution in [0.15, 0.2) is 18.2 Å². The molecule has 0 aliphatic heterocycles. The van der Waals surface area contributed by atoms with Crippen LogP contribution < -0.4 is 20.1 Å².